The van der Waals surface area contributed by atoms with Gasteiger partial charge in [-0.25, -0.2) is 8.78 Å². The number of imide groups is 1. The van der Waals surface area contributed by atoms with Crippen LogP contribution in [0.1, 0.15) is 30.5 Å². The number of hydrogen-bond acceptors (Lipinski definition) is 4. The fraction of sp³-hybridized carbons (Fsp3) is 0.304. The van der Waals surface area contributed by atoms with E-state index in [2.05, 4.69) is 5.32 Å². The zero-order chi connectivity index (χ0) is 22.0. The minimum absolute atomic E-state index is 0.0301. The van der Waals surface area contributed by atoms with E-state index in [1.54, 1.807) is 6.07 Å². The maximum absolute atomic E-state index is 13.7. The first-order valence-corrected chi connectivity index (χ1v) is 9.70. The number of anilines is 1. The minimum Gasteiger partial charge on any atom is -0.377 e. The van der Waals surface area contributed by atoms with Crippen LogP contribution in [0, 0.1) is 25.5 Å². The number of carbonyl (C=O) groups is 2. The smallest absolute Gasteiger partial charge is 0.278 e. The summed E-state index contributed by atoms with van der Waals surface area (Å²) in [6.07, 6.45) is -0.0376. The topological polar surface area (TPSA) is 58.6 Å². The van der Waals surface area contributed by atoms with Crippen LogP contribution in [0.15, 0.2) is 42.1 Å². The van der Waals surface area contributed by atoms with E-state index >= 15 is 0 Å². The molecule has 0 aromatic heterocycles. The summed E-state index contributed by atoms with van der Waals surface area (Å²) in [6.45, 7) is 7.81. The molecule has 0 unspecified atom stereocenters. The summed E-state index contributed by atoms with van der Waals surface area (Å²) in [5.74, 6) is -3.03. The van der Waals surface area contributed by atoms with Gasteiger partial charge in [0.1, 0.15) is 5.70 Å². The van der Waals surface area contributed by atoms with E-state index in [9.17, 15) is 18.4 Å². The summed E-state index contributed by atoms with van der Waals surface area (Å²) in [5, 5.41) is 2.83. The lowest BCUT2D eigenvalue weighted by molar-refractivity contribution is -0.137. The van der Waals surface area contributed by atoms with Crippen molar-refractivity contribution >= 4 is 23.1 Å². The Bertz CT molecular complexity index is 1030. The zero-order valence-electron chi connectivity index (χ0n) is 17.4. The number of ether oxygens (including phenoxy) is 1. The predicted octanol–water partition coefficient (Wildman–Crippen LogP) is 4.20. The Balaban J connectivity index is 2.02. The predicted molar refractivity (Wildman–Crippen MR) is 111 cm³/mol. The fourth-order valence-electron chi connectivity index (χ4n) is 3.34. The zero-order valence-corrected chi connectivity index (χ0v) is 17.4. The SMILES string of the molecule is Cc1ccc(C2=C(Nc3ccc(F)c(F)c3)C(=O)N(CCOC(C)C)C2=O)c(C)c1. The van der Waals surface area contributed by atoms with Crippen LogP contribution in [-0.4, -0.2) is 36.0 Å². The van der Waals surface area contributed by atoms with Gasteiger partial charge in [-0.15, -0.1) is 0 Å². The van der Waals surface area contributed by atoms with Gasteiger partial charge in [-0.05, 0) is 51.0 Å². The van der Waals surface area contributed by atoms with E-state index in [1.165, 1.54) is 6.07 Å². The second kappa shape index (κ2) is 8.75. The van der Waals surface area contributed by atoms with Crippen LogP contribution in [0.5, 0.6) is 0 Å². The van der Waals surface area contributed by atoms with Crippen molar-refractivity contribution in [3.8, 4) is 0 Å². The number of hydrogen-bond donors (Lipinski definition) is 1. The lowest BCUT2D eigenvalue weighted by Crippen LogP contribution is -2.35. The third kappa shape index (κ3) is 4.41. The van der Waals surface area contributed by atoms with Crippen molar-refractivity contribution in [2.45, 2.75) is 33.8 Å². The summed E-state index contributed by atoms with van der Waals surface area (Å²) in [4.78, 5) is 27.4. The number of halogens is 2. The van der Waals surface area contributed by atoms with Gasteiger partial charge < -0.3 is 10.1 Å². The van der Waals surface area contributed by atoms with Crippen molar-refractivity contribution < 1.29 is 23.1 Å². The normalized spacial score (nSPS) is 14.3. The molecule has 1 aliphatic rings. The summed E-state index contributed by atoms with van der Waals surface area (Å²) < 4.78 is 32.4. The van der Waals surface area contributed by atoms with Crippen LogP contribution in [0.4, 0.5) is 14.5 Å². The number of aryl methyl sites for hydroxylation is 2. The molecule has 3 rings (SSSR count). The van der Waals surface area contributed by atoms with Crippen molar-refractivity contribution in [1.29, 1.82) is 0 Å². The van der Waals surface area contributed by atoms with Crippen LogP contribution in [0.2, 0.25) is 0 Å². The molecular weight excluding hydrogens is 390 g/mol. The van der Waals surface area contributed by atoms with Crippen LogP contribution in [0.25, 0.3) is 5.57 Å². The lowest BCUT2D eigenvalue weighted by atomic mass is 9.97. The second-order valence-corrected chi connectivity index (χ2v) is 7.50. The molecule has 1 heterocycles. The number of benzene rings is 2. The van der Waals surface area contributed by atoms with E-state index in [4.69, 9.17) is 4.74 Å². The van der Waals surface area contributed by atoms with Crippen LogP contribution in [0.3, 0.4) is 0 Å². The average Bonchev–Trinajstić information content (AvgIpc) is 2.89. The minimum atomic E-state index is -1.05. The Morgan fingerprint density at radius 2 is 1.73 bits per heavy atom. The van der Waals surface area contributed by atoms with E-state index < -0.39 is 23.4 Å². The number of carbonyl (C=O) groups excluding carboxylic acids is 2. The molecule has 2 aromatic carbocycles. The molecule has 1 N–H and O–H groups in total. The fourth-order valence-corrected chi connectivity index (χ4v) is 3.34. The standard InChI is InChI=1S/C23H24F2N2O3/c1-13(2)30-10-9-27-22(28)20(17-7-5-14(3)11-15(17)4)21(23(27)29)26-16-6-8-18(24)19(25)12-16/h5-8,11-13,26H,9-10H2,1-4H3. The highest BCUT2D eigenvalue weighted by atomic mass is 19.2. The maximum Gasteiger partial charge on any atom is 0.278 e. The Hall–Kier alpha value is -3.06. The molecule has 0 bridgehead atoms. The molecule has 0 radical (unpaired) electrons. The lowest BCUT2D eigenvalue weighted by Gasteiger charge is -2.16. The van der Waals surface area contributed by atoms with Crippen LogP contribution < -0.4 is 5.32 Å². The Morgan fingerprint density at radius 1 is 1.00 bits per heavy atom. The molecule has 1 aliphatic heterocycles. The van der Waals surface area contributed by atoms with Gasteiger partial charge in [-0.3, -0.25) is 14.5 Å². The van der Waals surface area contributed by atoms with Crippen molar-refractivity contribution in [1.82, 2.24) is 4.90 Å². The molecule has 0 atom stereocenters. The van der Waals surface area contributed by atoms with Crippen molar-refractivity contribution in [2.75, 3.05) is 18.5 Å². The third-order valence-electron chi connectivity index (χ3n) is 4.77. The molecular formula is C23H24F2N2O3. The first-order valence-electron chi connectivity index (χ1n) is 9.70. The molecule has 0 spiro atoms. The molecule has 0 saturated carbocycles. The number of rotatable bonds is 7. The van der Waals surface area contributed by atoms with Gasteiger partial charge in [-0.1, -0.05) is 23.8 Å². The van der Waals surface area contributed by atoms with Gasteiger partial charge in [0.15, 0.2) is 11.6 Å². The summed E-state index contributed by atoms with van der Waals surface area (Å²) in [5.41, 5.74) is 2.86. The van der Waals surface area contributed by atoms with Crippen LogP contribution in [-0.2, 0) is 14.3 Å². The third-order valence-corrected chi connectivity index (χ3v) is 4.77. The molecule has 2 amide bonds. The van der Waals surface area contributed by atoms with E-state index in [0.717, 1.165) is 28.2 Å². The highest BCUT2D eigenvalue weighted by Crippen LogP contribution is 2.32. The van der Waals surface area contributed by atoms with Crippen molar-refractivity contribution in [2.24, 2.45) is 0 Å². The van der Waals surface area contributed by atoms with E-state index in [1.807, 2.05) is 39.8 Å². The quantitative estimate of drug-likeness (QED) is 0.690. The van der Waals surface area contributed by atoms with Gasteiger partial charge in [-0.2, -0.15) is 0 Å². The van der Waals surface area contributed by atoms with E-state index in [0.29, 0.717) is 5.56 Å². The summed E-state index contributed by atoms with van der Waals surface area (Å²) in [6, 6.07) is 8.78. The number of amides is 2. The van der Waals surface area contributed by atoms with Crippen molar-refractivity contribution in [3.05, 3.63) is 70.4 Å². The van der Waals surface area contributed by atoms with Crippen LogP contribution >= 0.6 is 0 Å². The Labute approximate surface area is 174 Å². The summed E-state index contributed by atoms with van der Waals surface area (Å²) >= 11 is 0. The van der Waals surface area contributed by atoms with Gasteiger partial charge in [0.2, 0.25) is 0 Å². The molecule has 2 aromatic rings. The summed E-state index contributed by atoms with van der Waals surface area (Å²) in [7, 11) is 0. The first kappa shape index (κ1) is 21.6. The second-order valence-electron chi connectivity index (χ2n) is 7.50. The number of nitrogens with one attached hydrogen (secondary N) is 1. The first-order chi connectivity index (χ1) is 14.2. The molecule has 30 heavy (non-hydrogen) atoms. The molecule has 0 aliphatic carbocycles. The highest BCUT2D eigenvalue weighted by Gasteiger charge is 2.39. The Kier molecular flexibility index (Phi) is 6.31. The van der Waals surface area contributed by atoms with E-state index in [-0.39, 0.29) is 36.2 Å². The van der Waals surface area contributed by atoms with Gasteiger partial charge in [0.25, 0.3) is 11.8 Å². The number of nitrogens with zero attached hydrogens (tertiary/aromatic N) is 1. The van der Waals surface area contributed by atoms with Gasteiger partial charge >= 0.3 is 0 Å². The largest absolute Gasteiger partial charge is 0.377 e. The monoisotopic (exact) mass is 414 g/mol. The average molecular weight is 414 g/mol. The van der Waals surface area contributed by atoms with Crippen molar-refractivity contribution in [3.63, 3.8) is 0 Å². The molecule has 5 nitrogen and oxygen atoms in total. The molecule has 0 fully saturated rings. The maximum atomic E-state index is 13.7. The Morgan fingerprint density at radius 3 is 2.37 bits per heavy atom. The molecule has 7 heteroatoms. The molecule has 158 valence electrons. The molecule has 0 saturated heterocycles. The van der Waals surface area contributed by atoms with Gasteiger partial charge in [0, 0.05) is 11.8 Å². The highest BCUT2D eigenvalue weighted by molar-refractivity contribution is 6.36. The van der Waals surface area contributed by atoms with Gasteiger partial charge in [0.05, 0.1) is 24.8 Å².